The minimum Gasteiger partial charge on any atom is -0.330 e. The summed E-state index contributed by atoms with van der Waals surface area (Å²) in [5, 5.41) is 4.34. The van der Waals surface area contributed by atoms with E-state index in [1.807, 2.05) is 18.7 Å². The number of aryl methyl sites for hydroxylation is 3. The molecule has 1 aliphatic carbocycles. The summed E-state index contributed by atoms with van der Waals surface area (Å²) in [4.78, 5) is 0. The predicted octanol–water partition coefficient (Wildman–Crippen LogP) is 1.40. The third kappa shape index (κ3) is 1.82. The molecule has 78 valence electrons. The fraction of sp³-hybridized carbons (Fsp3) is 0.727. The first-order chi connectivity index (χ1) is 6.65. The third-order valence-corrected chi connectivity index (χ3v) is 3.40. The lowest BCUT2D eigenvalue weighted by atomic mass is 9.99. The molecule has 0 radical (unpaired) electrons. The summed E-state index contributed by atoms with van der Waals surface area (Å²) in [6.45, 7) is 2.89. The first kappa shape index (κ1) is 9.71. The maximum Gasteiger partial charge on any atom is 0.0596 e. The van der Waals surface area contributed by atoms with E-state index in [0.717, 1.165) is 18.7 Å². The van der Waals surface area contributed by atoms with Gasteiger partial charge in [-0.3, -0.25) is 4.68 Å². The average Bonchev–Trinajstić information content (AvgIpc) is 2.86. The molecule has 0 bridgehead atoms. The molecule has 1 aromatic rings. The molecule has 0 amide bonds. The molecule has 1 aromatic heterocycles. The second-order valence-corrected chi connectivity index (χ2v) is 4.60. The van der Waals surface area contributed by atoms with E-state index in [4.69, 9.17) is 5.73 Å². The fourth-order valence-corrected chi connectivity index (χ4v) is 2.02. The zero-order valence-corrected chi connectivity index (χ0v) is 9.08. The predicted molar refractivity (Wildman–Crippen MR) is 57.0 cm³/mol. The van der Waals surface area contributed by atoms with E-state index < -0.39 is 0 Å². The number of aromatic nitrogens is 2. The Morgan fingerprint density at radius 2 is 2.29 bits per heavy atom. The lowest BCUT2D eigenvalue weighted by molar-refractivity contribution is 0.469. The molecule has 0 aliphatic heterocycles. The van der Waals surface area contributed by atoms with Crippen LogP contribution in [0.25, 0.3) is 0 Å². The second-order valence-electron chi connectivity index (χ2n) is 4.60. The Bertz CT molecular complexity index is 323. The Labute approximate surface area is 85.3 Å². The van der Waals surface area contributed by atoms with E-state index in [9.17, 15) is 0 Å². The number of rotatable bonds is 4. The van der Waals surface area contributed by atoms with Gasteiger partial charge in [0.2, 0.25) is 0 Å². The molecule has 0 spiro atoms. The standard InChI is InChI=1S/C11H19N3/c1-9-7-10(14(2)13-9)3-4-11(8-12)5-6-11/h7H,3-6,8,12H2,1-2H3. The van der Waals surface area contributed by atoms with Crippen molar-refractivity contribution < 1.29 is 0 Å². The van der Waals surface area contributed by atoms with Gasteiger partial charge in [0.15, 0.2) is 0 Å². The summed E-state index contributed by atoms with van der Waals surface area (Å²) in [5.41, 5.74) is 8.68. The van der Waals surface area contributed by atoms with Gasteiger partial charge >= 0.3 is 0 Å². The molecule has 1 aliphatic rings. The Balaban J connectivity index is 1.95. The summed E-state index contributed by atoms with van der Waals surface area (Å²) in [7, 11) is 2.02. The topological polar surface area (TPSA) is 43.8 Å². The molecule has 3 heteroatoms. The fourth-order valence-electron chi connectivity index (χ4n) is 2.02. The molecule has 0 atom stereocenters. The van der Waals surface area contributed by atoms with E-state index in [0.29, 0.717) is 5.41 Å². The SMILES string of the molecule is Cc1cc(CCC2(CN)CC2)n(C)n1. The van der Waals surface area contributed by atoms with Crippen molar-refractivity contribution in [3.05, 3.63) is 17.5 Å². The van der Waals surface area contributed by atoms with Crippen molar-refractivity contribution >= 4 is 0 Å². The maximum atomic E-state index is 5.75. The molecular weight excluding hydrogens is 174 g/mol. The van der Waals surface area contributed by atoms with Crippen molar-refractivity contribution in [3.63, 3.8) is 0 Å². The van der Waals surface area contributed by atoms with Gasteiger partial charge in [-0.1, -0.05) is 0 Å². The van der Waals surface area contributed by atoms with Crippen LogP contribution in [0.5, 0.6) is 0 Å². The van der Waals surface area contributed by atoms with Gasteiger partial charge in [0, 0.05) is 12.7 Å². The largest absolute Gasteiger partial charge is 0.330 e. The van der Waals surface area contributed by atoms with Gasteiger partial charge in [-0.15, -0.1) is 0 Å². The quantitative estimate of drug-likeness (QED) is 0.785. The number of nitrogens with zero attached hydrogens (tertiary/aromatic N) is 2. The highest BCUT2D eigenvalue weighted by Crippen LogP contribution is 2.48. The summed E-state index contributed by atoms with van der Waals surface area (Å²) in [5.74, 6) is 0. The minimum atomic E-state index is 0.484. The van der Waals surface area contributed by atoms with E-state index in [1.165, 1.54) is 25.0 Å². The summed E-state index contributed by atoms with van der Waals surface area (Å²) >= 11 is 0. The Kier molecular flexibility index (Phi) is 2.35. The summed E-state index contributed by atoms with van der Waals surface area (Å²) in [6, 6.07) is 2.17. The van der Waals surface area contributed by atoms with E-state index in [2.05, 4.69) is 11.2 Å². The molecule has 1 fully saturated rings. The van der Waals surface area contributed by atoms with Crippen LogP contribution in [0.3, 0.4) is 0 Å². The monoisotopic (exact) mass is 193 g/mol. The van der Waals surface area contributed by atoms with Crippen LogP contribution in [0.4, 0.5) is 0 Å². The minimum absolute atomic E-state index is 0.484. The molecule has 1 saturated carbocycles. The zero-order chi connectivity index (χ0) is 10.2. The van der Waals surface area contributed by atoms with Gasteiger partial charge in [0.1, 0.15) is 0 Å². The van der Waals surface area contributed by atoms with E-state index in [1.54, 1.807) is 0 Å². The smallest absolute Gasteiger partial charge is 0.0596 e. The van der Waals surface area contributed by atoms with Crippen LogP contribution in [-0.4, -0.2) is 16.3 Å². The maximum absolute atomic E-state index is 5.75. The molecule has 2 N–H and O–H groups in total. The highest BCUT2D eigenvalue weighted by atomic mass is 15.3. The van der Waals surface area contributed by atoms with E-state index >= 15 is 0 Å². The second kappa shape index (κ2) is 3.39. The highest BCUT2D eigenvalue weighted by molar-refractivity contribution is 5.10. The lowest BCUT2D eigenvalue weighted by Crippen LogP contribution is -2.16. The van der Waals surface area contributed by atoms with Gasteiger partial charge in [-0.05, 0) is 50.6 Å². The lowest BCUT2D eigenvalue weighted by Gasteiger charge is -2.11. The molecule has 0 unspecified atom stereocenters. The van der Waals surface area contributed by atoms with Gasteiger partial charge < -0.3 is 5.73 Å². The Morgan fingerprint density at radius 1 is 1.57 bits per heavy atom. The van der Waals surface area contributed by atoms with Crippen molar-refractivity contribution in [2.75, 3.05) is 6.54 Å². The van der Waals surface area contributed by atoms with Gasteiger partial charge in [0.25, 0.3) is 0 Å². The summed E-state index contributed by atoms with van der Waals surface area (Å²) in [6.07, 6.45) is 4.98. The number of hydrogen-bond acceptors (Lipinski definition) is 2. The first-order valence-corrected chi connectivity index (χ1v) is 5.35. The number of hydrogen-bond donors (Lipinski definition) is 1. The third-order valence-electron chi connectivity index (χ3n) is 3.40. The highest BCUT2D eigenvalue weighted by Gasteiger charge is 2.40. The molecule has 14 heavy (non-hydrogen) atoms. The van der Waals surface area contributed by atoms with E-state index in [-0.39, 0.29) is 0 Å². The van der Waals surface area contributed by atoms with Crippen molar-refractivity contribution in [3.8, 4) is 0 Å². The molecule has 2 rings (SSSR count). The normalized spacial score (nSPS) is 18.5. The van der Waals surface area contributed by atoms with Crippen LogP contribution in [-0.2, 0) is 13.5 Å². The summed E-state index contributed by atoms with van der Waals surface area (Å²) < 4.78 is 1.99. The van der Waals surface area contributed by atoms with Crippen LogP contribution in [0.15, 0.2) is 6.07 Å². The van der Waals surface area contributed by atoms with Crippen LogP contribution >= 0.6 is 0 Å². The molecule has 0 aromatic carbocycles. The number of nitrogens with two attached hydrogens (primary N) is 1. The van der Waals surface area contributed by atoms with Gasteiger partial charge in [0.05, 0.1) is 5.69 Å². The van der Waals surface area contributed by atoms with Crippen LogP contribution in [0.1, 0.15) is 30.7 Å². The Morgan fingerprint density at radius 3 is 2.71 bits per heavy atom. The van der Waals surface area contributed by atoms with Crippen molar-refractivity contribution in [2.24, 2.45) is 18.2 Å². The van der Waals surface area contributed by atoms with Crippen molar-refractivity contribution in [2.45, 2.75) is 32.6 Å². The van der Waals surface area contributed by atoms with Crippen molar-refractivity contribution in [1.29, 1.82) is 0 Å². The van der Waals surface area contributed by atoms with Gasteiger partial charge in [-0.25, -0.2) is 0 Å². The molecule has 1 heterocycles. The average molecular weight is 193 g/mol. The van der Waals surface area contributed by atoms with Crippen LogP contribution in [0, 0.1) is 12.3 Å². The molecular formula is C11H19N3. The van der Waals surface area contributed by atoms with Crippen LogP contribution < -0.4 is 5.73 Å². The molecule has 0 saturated heterocycles. The van der Waals surface area contributed by atoms with Crippen LogP contribution in [0.2, 0.25) is 0 Å². The van der Waals surface area contributed by atoms with Crippen molar-refractivity contribution in [1.82, 2.24) is 9.78 Å². The zero-order valence-electron chi connectivity index (χ0n) is 9.08. The molecule has 3 nitrogen and oxygen atoms in total. The first-order valence-electron chi connectivity index (χ1n) is 5.35. The van der Waals surface area contributed by atoms with Gasteiger partial charge in [-0.2, -0.15) is 5.10 Å². The Hall–Kier alpha value is -0.830.